The van der Waals surface area contributed by atoms with Crippen LogP contribution in [0.1, 0.15) is 41.7 Å². The minimum absolute atomic E-state index is 0.594. The molecule has 1 heterocycles. The summed E-state index contributed by atoms with van der Waals surface area (Å²) >= 11 is 0. The molecule has 0 aromatic heterocycles. The van der Waals surface area contributed by atoms with Gasteiger partial charge in [0.25, 0.3) is 0 Å². The van der Waals surface area contributed by atoms with E-state index < -0.39 is 12.6 Å². The third-order valence-corrected chi connectivity index (χ3v) is 12.0. The molecule has 198 valence electrons. The molecule has 1 nitrogen and oxygen atoms in total. The minimum atomic E-state index is -3.19. The lowest BCUT2D eigenvalue weighted by molar-refractivity contribution is 0.590. The van der Waals surface area contributed by atoms with E-state index in [-0.39, 0.29) is 0 Å². The van der Waals surface area contributed by atoms with Crippen LogP contribution in [0.5, 0.6) is 0 Å². The number of benzene rings is 5. The summed E-state index contributed by atoms with van der Waals surface area (Å²) in [4.78, 5) is 0. The molecule has 41 heavy (non-hydrogen) atoms. The number of hydrogen-bond donors (Lipinski definition) is 0. The fraction of sp³-hybridized carbons (Fsp3) is 0.0769. The number of fused-ring (bicyclic) bond motifs is 4. The summed E-state index contributed by atoms with van der Waals surface area (Å²) in [6, 6.07) is 49.0. The van der Waals surface area contributed by atoms with Crippen LogP contribution in [0.3, 0.4) is 0 Å². The van der Waals surface area contributed by atoms with Crippen molar-refractivity contribution in [1.29, 1.82) is 0 Å². The van der Waals surface area contributed by atoms with Crippen LogP contribution in [0.4, 0.5) is 0 Å². The standard InChI is InChI=1S/C39H31OP/c1-3-17-32-28(2)41(40,31-22-11-6-12-23-31)36-27-16-14-25-34(36)38-37(32)33-24-13-15-26-35(33)39(38,29-18-7-4-8-19-29)30-20-9-5-10-21-30/h3-27H,1-2H3/b17-3-. The van der Waals surface area contributed by atoms with Crippen LogP contribution in [-0.2, 0) is 9.98 Å². The van der Waals surface area contributed by atoms with Crippen molar-refractivity contribution in [2.75, 3.05) is 0 Å². The Bertz CT molecular complexity index is 1870. The van der Waals surface area contributed by atoms with E-state index in [0.717, 1.165) is 27.1 Å². The van der Waals surface area contributed by atoms with Gasteiger partial charge < -0.3 is 4.57 Å². The lowest BCUT2D eigenvalue weighted by Gasteiger charge is -2.37. The van der Waals surface area contributed by atoms with Gasteiger partial charge in [0.05, 0.1) is 5.41 Å². The van der Waals surface area contributed by atoms with Crippen molar-refractivity contribution in [3.05, 3.63) is 190 Å². The van der Waals surface area contributed by atoms with Crippen molar-refractivity contribution in [2.45, 2.75) is 19.3 Å². The lowest BCUT2D eigenvalue weighted by Crippen LogP contribution is -2.31. The lowest BCUT2D eigenvalue weighted by atomic mass is 9.65. The van der Waals surface area contributed by atoms with Gasteiger partial charge >= 0.3 is 0 Å². The Balaban J connectivity index is 1.74. The summed E-state index contributed by atoms with van der Waals surface area (Å²) in [5.41, 5.74) is 8.73. The van der Waals surface area contributed by atoms with Crippen molar-refractivity contribution in [1.82, 2.24) is 0 Å². The van der Waals surface area contributed by atoms with Gasteiger partial charge in [-0.1, -0.05) is 152 Å². The Hall–Kier alpha value is -4.45. The molecular weight excluding hydrogens is 515 g/mol. The average molecular weight is 547 g/mol. The predicted molar refractivity (Wildman–Crippen MR) is 173 cm³/mol. The van der Waals surface area contributed by atoms with E-state index in [9.17, 15) is 0 Å². The summed E-state index contributed by atoms with van der Waals surface area (Å²) < 4.78 is 15.8. The maximum absolute atomic E-state index is 15.8. The molecule has 0 radical (unpaired) electrons. The van der Waals surface area contributed by atoms with Crippen molar-refractivity contribution in [3.63, 3.8) is 0 Å². The largest absolute Gasteiger partial charge is 0.309 e. The van der Waals surface area contributed by atoms with Gasteiger partial charge in [-0.15, -0.1) is 0 Å². The second kappa shape index (κ2) is 9.88. The third kappa shape index (κ3) is 3.52. The molecule has 0 amide bonds. The summed E-state index contributed by atoms with van der Waals surface area (Å²) in [5, 5.41) is 2.69. The quantitative estimate of drug-likeness (QED) is 0.206. The molecule has 5 aromatic carbocycles. The van der Waals surface area contributed by atoms with E-state index in [2.05, 4.69) is 129 Å². The van der Waals surface area contributed by atoms with E-state index in [1.807, 2.05) is 36.4 Å². The number of rotatable bonds is 4. The molecular formula is C39H31OP. The molecule has 2 heteroatoms. The first-order valence-corrected chi connectivity index (χ1v) is 15.9. The van der Waals surface area contributed by atoms with Crippen molar-refractivity contribution < 1.29 is 4.57 Å². The molecule has 0 saturated heterocycles. The van der Waals surface area contributed by atoms with Gasteiger partial charge in [0.1, 0.15) is 0 Å². The fourth-order valence-electron chi connectivity index (χ4n) is 7.08. The molecule has 0 bridgehead atoms. The molecule has 1 unspecified atom stereocenters. The zero-order chi connectivity index (χ0) is 28.0. The van der Waals surface area contributed by atoms with Crippen LogP contribution in [0, 0.1) is 0 Å². The van der Waals surface area contributed by atoms with E-state index in [0.29, 0.717) is 0 Å². The Morgan fingerprint density at radius 1 is 0.610 bits per heavy atom. The first-order valence-electron chi connectivity index (χ1n) is 14.2. The van der Waals surface area contributed by atoms with Gasteiger partial charge in [-0.3, -0.25) is 0 Å². The molecule has 1 aliphatic heterocycles. The molecule has 2 aliphatic rings. The molecule has 1 atom stereocenters. The van der Waals surface area contributed by atoms with Gasteiger partial charge in [-0.25, -0.2) is 0 Å². The van der Waals surface area contributed by atoms with E-state index >= 15 is 4.57 Å². The minimum Gasteiger partial charge on any atom is -0.309 e. The van der Waals surface area contributed by atoms with Gasteiger partial charge in [0.15, 0.2) is 7.14 Å². The third-order valence-electron chi connectivity index (χ3n) is 8.74. The van der Waals surface area contributed by atoms with E-state index in [4.69, 9.17) is 0 Å². The smallest absolute Gasteiger partial charge is 0.168 e. The van der Waals surface area contributed by atoms with Gasteiger partial charge in [0, 0.05) is 15.9 Å². The van der Waals surface area contributed by atoms with Crippen LogP contribution in [0.15, 0.2) is 163 Å². The molecule has 1 aliphatic carbocycles. The zero-order valence-electron chi connectivity index (χ0n) is 23.3. The highest BCUT2D eigenvalue weighted by Gasteiger charge is 2.52. The fourth-order valence-corrected chi connectivity index (χ4v) is 10.0. The molecule has 0 spiro atoms. The second-order valence-electron chi connectivity index (χ2n) is 10.7. The number of hydrogen-bond acceptors (Lipinski definition) is 1. The summed E-state index contributed by atoms with van der Waals surface area (Å²) in [5.74, 6) is 0. The summed E-state index contributed by atoms with van der Waals surface area (Å²) in [7, 11) is -3.19. The van der Waals surface area contributed by atoms with Gasteiger partial charge in [-0.2, -0.15) is 0 Å². The summed E-state index contributed by atoms with van der Waals surface area (Å²) in [6.07, 6.45) is 4.26. The maximum atomic E-state index is 15.8. The highest BCUT2D eigenvalue weighted by molar-refractivity contribution is 7.82. The van der Waals surface area contributed by atoms with Crippen LogP contribution >= 0.6 is 7.14 Å². The topological polar surface area (TPSA) is 17.1 Å². The van der Waals surface area contributed by atoms with Gasteiger partial charge in [-0.05, 0) is 58.4 Å². The molecule has 5 aromatic rings. The monoisotopic (exact) mass is 546 g/mol. The maximum Gasteiger partial charge on any atom is 0.168 e. The number of allylic oxidation sites excluding steroid dienone is 6. The Morgan fingerprint density at radius 3 is 1.73 bits per heavy atom. The van der Waals surface area contributed by atoms with Crippen molar-refractivity contribution in [3.8, 4) is 0 Å². The average Bonchev–Trinajstić information content (AvgIpc) is 3.32. The highest BCUT2D eigenvalue weighted by Crippen LogP contribution is 2.65. The van der Waals surface area contributed by atoms with Crippen LogP contribution in [0.25, 0.3) is 11.1 Å². The second-order valence-corrected chi connectivity index (χ2v) is 13.6. The van der Waals surface area contributed by atoms with Crippen molar-refractivity contribution in [2.24, 2.45) is 0 Å². The SMILES string of the molecule is C/C=C\C1=C(C)P(=O)(c2ccccc2)c2ccccc2C2=C1c1ccccc1C2(c1ccccc1)c1ccccc1. The van der Waals surface area contributed by atoms with Crippen molar-refractivity contribution >= 4 is 28.9 Å². The van der Waals surface area contributed by atoms with E-state index in [1.165, 1.54) is 33.4 Å². The first-order chi connectivity index (χ1) is 20.1. The Kier molecular flexibility index (Phi) is 6.15. The van der Waals surface area contributed by atoms with Crippen LogP contribution < -0.4 is 10.6 Å². The molecule has 0 N–H and O–H groups in total. The summed E-state index contributed by atoms with van der Waals surface area (Å²) in [6.45, 7) is 4.14. The Morgan fingerprint density at radius 2 is 1.12 bits per heavy atom. The van der Waals surface area contributed by atoms with E-state index in [1.54, 1.807) is 0 Å². The Labute approximate surface area is 242 Å². The normalized spacial score (nSPS) is 19.1. The van der Waals surface area contributed by atoms with Crippen LogP contribution in [0.2, 0.25) is 0 Å². The molecule has 0 saturated carbocycles. The van der Waals surface area contributed by atoms with Crippen LogP contribution in [-0.4, -0.2) is 0 Å². The van der Waals surface area contributed by atoms with Gasteiger partial charge in [0.2, 0.25) is 0 Å². The molecule has 0 fully saturated rings. The highest BCUT2D eigenvalue weighted by atomic mass is 31.2. The zero-order valence-corrected chi connectivity index (χ0v) is 24.2. The molecule has 7 rings (SSSR count). The first kappa shape index (κ1) is 25.5. The predicted octanol–water partition coefficient (Wildman–Crippen LogP) is 9.12.